The zero-order valence-corrected chi connectivity index (χ0v) is 11.0. The summed E-state index contributed by atoms with van der Waals surface area (Å²) in [6.07, 6.45) is 0. The minimum absolute atomic E-state index is 0.307. The van der Waals surface area contributed by atoms with Crippen molar-refractivity contribution in [3.05, 3.63) is 30.1 Å². The fourth-order valence-electron chi connectivity index (χ4n) is 1.23. The van der Waals surface area contributed by atoms with Crippen molar-refractivity contribution >= 4 is 11.9 Å². The molecule has 104 valence electrons. The van der Waals surface area contributed by atoms with Gasteiger partial charge in [-0.05, 0) is 38.1 Å². The molecular formula is C13H16FNO4. The molecule has 5 nitrogen and oxygen atoms in total. The molecule has 0 spiro atoms. The summed E-state index contributed by atoms with van der Waals surface area (Å²) >= 11 is 0. The van der Waals surface area contributed by atoms with Crippen molar-refractivity contribution in [3.8, 4) is 5.75 Å². The first-order valence-electron chi connectivity index (χ1n) is 5.63. The van der Waals surface area contributed by atoms with Gasteiger partial charge in [0.15, 0.2) is 6.61 Å². The van der Waals surface area contributed by atoms with Crippen LogP contribution in [0.3, 0.4) is 0 Å². The van der Waals surface area contributed by atoms with Gasteiger partial charge in [0.1, 0.15) is 17.1 Å². The Morgan fingerprint density at radius 2 is 1.84 bits per heavy atom. The van der Waals surface area contributed by atoms with E-state index in [9.17, 15) is 14.0 Å². The van der Waals surface area contributed by atoms with Crippen LogP contribution in [0.25, 0.3) is 0 Å². The number of hydrogen-bond donors (Lipinski definition) is 1. The normalized spacial score (nSPS) is 10.9. The number of carboxylic acids is 1. The first kappa shape index (κ1) is 14.9. The lowest BCUT2D eigenvalue weighted by Crippen LogP contribution is -2.52. The van der Waals surface area contributed by atoms with Gasteiger partial charge in [-0.2, -0.15) is 0 Å². The first-order valence-corrected chi connectivity index (χ1v) is 5.63. The molecule has 1 amide bonds. The van der Waals surface area contributed by atoms with Gasteiger partial charge in [-0.3, -0.25) is 4.79 Å². The number of carboxylic acid groups (broad SMARTS) is 1. The van der Waals surface area contributed by atoms with Crippen LogP contribution in [0, 0.1) is 5.82 Å². The maximum absolute atomic E-state index is 12.7. The van der Waals surface area contributed by atoms with Gasteiger partial charge in [-0.25, -0.2) is 9.18 Å². The SMILES string of the molecule is CN(C(=O)COc1ccc(F)cc1)C(C)(C)C(=O)O. The van der Waals surface area contributed by atoms with E-state index in [1.165, 1.54) is 45.2 Å². The minimum Gasteiger partial charge on any atom is -0.484 e. The van der Waals surface area contributed by atoms with E-state index in [0.29, 0.717) is 5.75 Å². The number of aliphatic carboxylic acids is 1. The molecule has 6 heteroatoms. The number of halogens is 1. The molecule has 0 saturated heterocycles. The zero-order valence-electron chi connectivity index (χ0n) is 11.0. The van der Waals surface area contributed by atoms with E-state index >= 15 is 0 Å². The van der Waals surface area contributed by atoms with Crippen molar-refractivity contribution in [2.24, 2.45) is 0 Å². The lowest BCUT2D eigenvalue weighted by Gasteiger charge is -2.31. The van der Waals surface area contributed by atoms with E-state index < -0.39 is 23.2 Å². The molecule has 0 saturated carbocycles. The van der Waals surface area contributed by atoms with Crippen molar-refractivity contribution < 1.29 is 23.8 Å². The smallest absolute Gasteiger partial charge is 0.329 e. The molecule has 19 heavy (non-hydrogen) atoms. The highest BCUT2D eigenvalue weighted by Crippen LogP contribution is 2.14. The topological polar surface area (TPSA) is 66.8 Å². The average molecular weight is 269 g/mol. The zero-order chi connectivity index (χ0) is 14.6. The molecule has 1 aromatic rings. The first-order chi connectivity index (χ1) is 8.75. The van der Waals surface area contributed by atoms with Crippen molar-refractivity contribution in [1.29, 1.82) is 0 Å². The van der Waals surface area contributed by atoms with E-state index in [4.69, 9.17) is 9.84 Å². The highest BCUT2D eigenvalue weighted by atomic mass is 19.1. The Morgan fingerprint density at radius 3 is 2.32 bits per heavy atom. The average Bonchev–Trinajstić information content (AvgIpc) is 2.36. The van der Waals surface area contributed by atoms with Gasteiger partial charge < -0.3 is 14.7 Å². The van der Waals surface area contributed by atoms with Gasteiger partial charge >= 0.3 is 5.97 Å². The number of carbonyl (C=O) groups excluding carboxylic acids is 1. The van der Waals surface area contributed by atoms with Crippen LogP contribution in [0.2, 0.25) is 0 Å². The number of likely N-dealkylation sites (N-methyl/N-ethyl adjacent to an activating group) is 1. The Labute approximate surface area is 110 Å². The Morgan fingerprint density at radius 1 is 1.32 bits per heavy atom. The fraction of sp³-hybridized carbons (Fsp3) is 0.385. The molecule has 0 aliphatic carbocycles. The van der Waals surface area contributed by atoms with Gasteiger partial charge in [0.05, 0.1) is 0 Å². The Balaban J connectivity index is 2.61. The molecule has 1 N–H and O–H groups in total. The number of carbonyl (C=O) groups is 2. The second-order valence-electron chi connectivity index (χ2n) is 4.56. The summed E-state index contributed by atoms with van der Waals surface area (Å²) in [6.45, 7) is 2.54. The third kappa shape index (κ3) is 3.67. The Bertz CT molecular complexity index is 470. The summed E-state index contributed by atoms with van der Waals surface area (Å²) in [6, 6.07) is 5.21. The van der Waals surface area contributed by atoms with Crippen LogP contribution in [-0.4, -0.2) is 41.1 Å². The predicted octanol–water partition coefficient (Wildman–Crippen LogP) is 1.53. The molecule has 0 heterocycles. The van der Waals surface area contributed by atoms with Crippen LogP contribution in [-0.2, 0) is 9.59 Å². The van der Waals surface area contributed by atoms with E-state index in [2.05, 4.69) is 0 Å². The van der Waals surface area contributed by atoms with Crippen LogP contribution in [0.4, 0.5) is 4.39 Å². The summed E-state index contributed by atoms with van der Waals surface area (Å²) < 4.78 is 17.8. The summed E-state index contributed by atoms with van der Waals surface area (Å²) in [5, 5.41) is 9.00. The quantitative estimate of drug-likeness (QED) is 0.880. The van der Waals surface area contributed by atoms with E-state index in [0.717, 1.165) is 4.90 Å². The summed E-state index contributed by atoms with van der Waals surface area (Å²) in [5.74, 6) is -1.64. The van der Waals surface area contributed by atoms with Crippen LogP contribution >= 0.6 is 0 Å². The molecule has 0 radical (unpaired) electrons. The molecule has 0 fully saturated rings. The standard InChI is InChI=1S/C13H16FNO4/c1-13(2,12(17)18)15(3)11(16)8-19-10-6-4-9(14)5-7-10/h4-7H,8H2,1-3H3,(H,17,18). The monoisotopic (exact) mass is 269 g/mol. The maximum atomic E-state index is 12.7. The van der Waals surface area contributed by atoms with Crippen LogP contribution < -0.4 is 4.74 Å². The molecule has 1 rings (SSSR count). The molecule has 0 atom stereocenters. The van der Waals surface area contributed by atoms with Gasteiger partial charge in [-0.15, -0.1) is 0 Å². The largest absolute Gasteiger partial charge is 0.484 e. The maximum Gasteiger partial charge on any atom is 0.329 e. The van der Waals surface area contributed by atoms with Gasteiger partial charge in [0, 0.05) is 7.05 Å². The summed E-state index contributed by atoms with van der Waals surface area (Å²) in [5.41, 5.74) is -1.32. The number of hydrogen-bond acceptors (Lipinski definition) is 3. The molecule has 0 unspecified atom stereocenters. The van der Waals surface area contributed by atoms with Crippen molar-refractivity contribution in [2.45, 2.75) is 19.4 Å². The highest BCUT2D eigenvalue weighted by Gasteiger charge is 2.35. The summed E-state index contributed by atoms with van der Waals surface area (Å²) in [4.78, 5) is 23.9. The summed E-state index contributed by atoms with van der Waals surface area (Å²) in [7, 11) is 1.39. The van der Waals surface area contributed by atoms with E-state index in [1.807, 2.05) is 0 Å². The minimum atomic E-state index is -1.32. The van der Waals surface area contributed by atoms with Crippen LogP contribution in [0.5, 0.6) is 5.75 Å². The lowest BCUT2D eigenvalue weighted by molar-refractivity contribution is -0.156. The number of ether oxygens (including phenoxy) is 1. The molecule has 0 aliphatic rings. The molecule has 1 aromatic carbocycles. The number of benzene rings is 1. The van der Waals surface area contributed by atoms with E-state index in [-0.39, 0.29) is 6.61 Å². The van der Waals surface area contributed by atoms with Gasteiger partial charge in [0.25, 0.3) is 5.91 Å². The number of amides is 1. The Hall–Kier alpha value is -2.11. The molecular weight excluding hydrogens is 253 g/mol. The van der Waals surface area contributed by atoms with Crippen molar-refractivity contribution in [3.63, 3.8) is 0 Å². The van der Waals surface area contributed by atoms with Gasteiger partial charge in [-0.1, -0.05) is 0 Å². The number of nitrogens with zero attached hydrogens (tertiary/aromatic N) is 1. The van der Waals surface area contributed by atoms with Crippen LogP contribution in [0.1, 0.15) is 13.8 Å². The van der Waals surface area contributed by atoms with Crippen molar-refractivity contribution in [1.82, 2.24) is 4.90 Å². The second-order valence-corrected chi connectivity index (χ2v) is 4.56. The second kappa shape index (κ2) is 5.69. The predicted molar refractivity (Wildman–Crippen MR) is 66.4 cm³/mol. The molecule has 0 aliphatic heterocycles. The third-order valence-corrected chi connectivity index (χ3v) is 2.91. The fourth-order valence-corrected chi connectivity index (χ4v) is 1.23. The van der Waals surface area contributed by atoms with Crippen molar-refractivity contribution in [2.75, 3.05) is 13.7 Å². The third-order valence-electron chi connectivity index (χ3n) is 2.91. The van der Waals surface area contributed by atoms with Crippen LogP contribution in [0.15, 0.2) is 24.3 Å². The lowest BCUT2D eigenvalue weighted by atomic mass is 10.0. The molecule has 0 aromatic heterocycles. The number of rotatable bonds is 5. The highest BCUT2D eigenvalue weighted by molar-refractivity contribution is 5.86. The Kier molecular flexibility index (Phi) is 4.47. The van der Waals surface area contributed by atoms with Gasteiger partial charge in [0.2, 0.25) is 0 Å². The molecule has 0 bridgehead atoms. The van der Waals surface area contributed by atoms with E-state index in [1.54, 1.807) is 0 Å².